The van der Waals surface area contributed by atoms with Crippen molar-refractivity contribution in [2.45, 2.75) is 57.9 Å². The smallest absolute Gasteiger partial charge is 0.225 e. The van der Waals surface area contributed by atoms with Gasteiger partial charge < -0.3 is 14.2 Å². The third kappa shape index (κ3) is 3.37. The van der Waals surface area contributed by atoms with Crippen LogP contribution < -0.4 is 0 Å². The average molecular weight is 331 g/mol. The van der Waals surface area contributed by atoms with Gasteiger partial charge in [-0.15, -0.1) is 0 Å². The highest BCUT2D eigenvalue weighted by Crippen LogP contribution is 2.40. The van der Waals surface area contributed by atoms with Crippen LogP contribution in [0.3, 0.4) is 0 Å². The van der Waals surface area contributed by atoms with Crippen molar-refractivity contribution in [1.82, 2.24) is 14.5 Å². The van der Waals surface area contributed by atoms with Crippen molar-refractivity contribution in [2.75, 3.05) is 26.3 Å². The molecule has 3 heterocycles. The molecule has 3 aliphatic rings. The van der Waals surface area contributed by atoms with Gasteiger partial charge in [0.1, 0.15) is 5.82 Å². The topological polar surface area (TPSA) is 47.4 Å². The lowest BCUT2D eigenvalue weighted by molar-refractivity contribution is -0.140. The van der Waals surface area contributed by atoms with Crippen molar-refractivity contribution in [3.8, 4) is 0 Å². The van der Waals surface area contributed by atoms with Gasteiger partial charge in [0.2, 0.25) is 5.91 Å². The van der Waals surface area contributed by atoms with E-state index < -0.39 is 0 Å². The van der Waals surface area contributed by atoms with Gasteiger partial charge in [-0.1, -0.05) is 0 Å². The highest BCUT2D eigenvalue weighted by atomic mass is 16.5. The van der Waals surface area contributed by atoms with Gasteiger partial charge in [0.25, 0.3) is 0 Å². The standard InChI is InChI=1S/C19H29N3O2/c1-14-12-20-18(16-2-3-16)22(14)13-15-4-8-21(9-5-15)19(23)17-6-10-24-11-7-17/h12,15-17H,2-11,13H2,1H3. The SMILES string of the molecule is Cc1cnc(C2CC2)n1CC1CCN(C(=O)C2CCOCC2)CC1. The molecule has 132 valence electrons. The number of aromatic nitrogens is 2. The van der Waals surface area contributed by atoms with Crippen molar-refractivity contribution in [2.24, 2.45) is 11.8 Å². The maximum absolute atomic E-state index is 12.6. The zero-order chi connectivity index (χ0) is 16.5. The van der Waals surface area contributed by atoms with Crippen molar-refractivity contribution in [3.05, 3.63) is 17.7 Å². The summed E-state index contributed by atoms with van der Waals surface area (Å²) < 4.78 is 7.82. The van der Waals surface area contributed by atoms with Gasteiger partial charge in [0.15, 0.2) is 0 Å². The predicted octanol–water partition coefficient (Wildman–Crippen LogP) is 2.73. The molecule has 0 N–H and O–H groups in total. The van der Waals surface area contributed by atoms with Crippen LogP contribution in [0.1, 0.15) is 56.0 Å². The molecule has 1 aromatic heterocycles. The van der Waals surface area contributed by atoms with Gasteiger partial charge in [-0.05, 0) is 51.4 Å². The van der Waals surface area contributed by atoms with E-state index in [4.69, 9.17) is 4.74 Å². The average Bonchev–Trinajstić information content (AvgIpc) is 3.41. The number of hydrogen-bond donors (Lipinski definition) is 0. The fraction of sp³-hybridized carbons (Fsp3) is 0.789. The van der Waals surface area contributed by atoms with Gasteiger partial charge >= 0.3 is 0 Å². The Morgan fingerprint density at radius 3 is 2.54 bits per heavy atom. The Bertz CT molecular complexity index is 579. The Labute approximate surface area is 144 Å². The van der Waals surface area contributed by atoms with Crippen LogP contribution in [0.25, 0.3) is 0 Å². The molecule has 1 saturated carbocycles. The van der Waals surface area contributed by atoms with Crippen molar-refractivity contribution in [1.29, 1.82) is 0 Å². The largest absolute Gasteiger partial charge is 0.381 e. The molecular formula is C19H29N3O2. The molecule has 2 saturated heterocycles. The number of piperidine rings is 1. The van der Waals surface area contributed by atoms with Crippen LogP contribution in [0.5, 0.6) is 0 Å². The summed E-state index contributed by atoms with van der Waals surface area (Å²) >= 11 is 0. The van der Waals surface area contributed by atoms with Crippen LogP contribution in [0, 0.1) is 18.8 Å². The number of carbonyl (C=O) groups excluding carboxylic acids is 1. The number of aryl methyl sites for hydroxylation is 1. The highest BCUT2D eigenvalue weighted by Gasteiger charge is 2.32. The summed E-state index contributed by atoms with van der Waals surface area (Å²) in [7, 11) is 0. The lowest BCUT2D eigenvalue weighted by Gasteiger charge is -2.35. The van der Waals surface area contributed by atoms with Crippen LogP contribution in [0.4, 0.5) is 0 Å². The molecule has 0 aromatic carbocycles. The number of likely N-dealkylation sites (tertiary alicyclic amines) is 1. The number of nitrogens with zero attached hydrogens (tertiary/aromatic N) is 3. The van der Waals surface area contributed by atoms with E-state index in [0.717, 1.165) is 58.5 Å². The summed E-state index contributed by atoms with van der Waals surface area (Å²) in [5.74, 6) is 3.25. The molecule has 3 fully saturated rings. The van der Waals surface area contributed by atoms with Crippen LogP contribution in [0.15, 0.2) is 6.20 Å². The fourth-order valence-corrected chi connectivity index (χ4v) is 4.18. The normalized spacial score (nSPS) is 23.6. The van der Waals surface area contributed by atoms with Gasteiger partial charge in [-0.3, -0.25) is 4.79 Å². The first-order valence-electron chi connectivity index (χ1n) is 9.61. The number of imidazole rings is 1. The molecule has 0 unspecified atom stereocenters. The molecule has 5 nitrogen and oxygen atoms in total. The summed E-state index contributed by atoms with van der Waals surface area (Å²) in [5.41, 5.74) is 1.29. The van der Waals surface area contributed by atoms with E-state index in [2.05, 4.69) is 21.4 Å². The van der Waals surface area contributed by atoms with E-state index in [-0.39, 0.29) is 5.92 Å². The van der Waals surface area contributed by atoms with Gasteiger partial charge in [0, 0.05) is 56.6 Å². The number of ether oxygens (including phenoxy) is 1. The molecule has 1 aliphatic carbocycles. The van der Waals surface area contributed by atoms with Gasteiger partial charge in [0.05, 0.1) is 0 Å². The van der Waals surface area contributed by atoms with Crippen molar-refractivity contribution >= 4 is 5.91 Å². The number of carbonyl (C=O) groups is 1. The first-order valence-corrected chi connectivity index (χ1v) is 9.61. The Balaban J connectivity index is 1.31. The minimum absolute atomic E-state index is 0.202. The van der Waals surface area contributed by atoms with E-state index in [9.17, 15) is 4.79 Å². The Kier molecular flexibility index (Phi) is 4.61. The molecule has 0 spiro atoms. The molecule has 0 atom stereocenters. The maximum Gasteiger partial charge on any atom is 0.225 e. The molecule has 1 amide bonds. The van der Waals surface area contributed by atoms with Crippen molar-refractivity contribution < 1.29 is 9.53 Å². The first kappa shape index (κ1) is 16.1. The molecule has 4 rings (SSSR count). The van der Waals surface area contributed by atoms with E-state index in [1.54, 1.807) is 0 Å². The molecule has 24 heavy (non-hydrogen) atoms. The fourth-order valence-electron chi connectivity index (χ4n) is 4.18. The minimum atomic E-state index is 0.202. The maximum atomic E-state index is 12.6. The zero-order valence-electron chi connectivity index (χ0n) is 14.7. The second-order valence-corrected chi connectivity index (χ2v) is 7.80. The lowest BCUT2D eigenvalue weighted by Crippen LogP contribution is -2.43. The van der Waals surface area contributed by atoms with Gasteiger partial charge in [-0.25, -0.2) is 4.98 Å². The molecule has 1 aromatic rings. The Morgan fingerprint density at radius 1 is 1.17 bits per heavy atom. The van der Waals surface area contributed by atoms with Gasteiger partial charge in [-0.2, -0.15) is 0 Å². The molecule has 5 heteroatoms. The quantitative estimate of drug-likeness (QED) is 0.852. The lowest BCUT2D eigenvalue weighted by atomic mass is 9.93. The third-order valence-electron chi connectivity index (χ3n) is 5.97. The predicted molar refractivity (Wildman–Crippen MR) is 91.8 cm³/mol. The highest BCUT2D eigenvalue weighted by molar-refractivity contribution is 5.79. The Morgan fingerprint density at radius 2 is 1.88 bits per heavy atom. The summed E-state index contributed by atoms with van der Waals surface area (Å²) in [4.78, 5) is 19.4. The van der Waals surface area contributed by atoms with E-state index in [1.165, 1.54) is 24.4 Å². The van der Waals surface area contributed by atoms with Crippen LogP contribution >= 0.6 is 0 Å². The second kappa shape index (κ2) is 6.87. The van der Waals surface area contributed by atoms with Crippen LogP contribution in [-0.4, -0.2) is 46.7 Å². The number of amides is 1. The summed E-state index contributed by atoms with van der Waals surface area (Å²) in [6, 6.07) is 0. The number of rotatable bonds is 4. The second-order valence-electron chi connectivity index (χ2n) is 7.80. The Hall–Kier alpha value is -1.36. The van der Waals surface area contributed by atoms with E-state index in [0.29, 0.717) is 17.7 Å². The first-order chi connectivity index (χ1) is 11.7. The molecule has 0 bridgehead atoms. The van der Waals surface area contributed by atoms with E-state index in [1.807, 2.05) is 6.20 Å². The third-order valence-corrected chi connectivity index (χ3v) is 5.97. The summed E-state index contributed by atoms with van der Waals surface area (Å²) in [5, 5.41) is 0. The van der Waals surface area contributed by atoms with Crippen LogP contribution in [0.2, 0.25) is 0 Å². The van der Waals surface area contributed by atoms with Crippen molar-refractivity contribution in [3.63, 3.8) is 0 Å². The minimum Gasteiger partial charge on any atom is -0.381 e. The molecule has 0 radical (unpaired) electrons. The summed E-state index contributed by atoms with van der Waals surface area (Å²) in [6.45, 7) is 6.59. The number of hydrogen-bond acceptors (Lipinski definition) is 3. The summed E-state index contributed by atoms with van der Waals surface area (Å²) in [6.07, 6.45) is 8.67. The monoisotopic (exact) mass is 331 g/mol. The van der Waals surface area contributed by atoms with E-state index >= 15 is 0 Å². The zero-order valence-corrected chi connectivity index (χ0v) is 14.7. The van der Waals surface area contributed by atoms with Crippen LogP contribution in [-0.2, 0) is 16.1 Å². The molecular weight excluding hydrogens is 302 g/mol. The molecule has 2 aliphatic heterocycles.